The van der Waals surface area contributed by atoms with Gasteiger partial charge < -0.3 is 14.7 Å². The van der Waals surface area contributed by atoms with E-state index in [9.17, 15) is 13.5 Å². The molecule has 0 saturated carbocycles. The zero-order valence-corrected chi connectivity index (χ0v) is 23.1. The second kappa shape index (κ2) is 11.6. The van der Waals surface area contributed by atoms with Gasteiger partial charge in [0, 0.05) is 74.7 Å². The van der Waals surface area contributed by atoms with E-state index < -0.39 is 10.0 Å². The van der Waals surface area contributed by atoms with Crippen LogP contribution in [-0.4, -0.2) is 80.6 Å². The fourth-order valence-electron chi connectivity index (χ4n) is 5.16. The van der Waals surface area contributed by atoms with Gasteiger partial charge >= 0.3 is 0 Å². The average Bonchev–Trinajstić information content (AvgIpc) is 2.97. The summed E-state index contributed by atoms with van der Waals surface area (Å²) in [6, 6.07) is 21.8. The van der Waals surface area contributed by atoms with Gasteiger partial charge in [0.1, 0.15) is 11.5 Å². The van der Waals surface area contributed by atoms with E-state index in [0.717, 1.165) is 48.6 Å². The van der Waals surface area contributed by atoms with Gasteiger partial charge in [-0.15, -0.1) is 0 Å². The van der Waals surface area contributed by atoms with Gasteiger partial charge in [-0.25, -0.2) is 8.42 Å². The van der Waals surface area contributed by atoms with Crippen molar-refractivity contribution in [1.82, 2.24) is 14.2 Å². The number of phenolic OH excluding ortho intramolecular Hbond substituents is 1. The third kappa shape index (κ3) is 6.00. The molecule has 1 atom stereocenters. The first-order valence-electron chi connectivity index (χ1n) is 13.1. The Bertz CT molecular complexity index is 1500. The van der Waals surface area contributed by atoms with Crippen LogP contribution >= 0.6 is 0 Å². The molecule has 0 bridgehead atoms. The van der Waals surface area contributed by atoms with Crippen LogP contribution in [0, 0.1) is 0 Å². The Labute approximate surface area is 230 Å². The molecule has 1 fully saturated rings. The van der Waals surface area contributed by atoms with Crippen LogP contribution in [0.2, 0.25) is 0 Å². The number of methoxy groups -OCH3 is 1. The highest BCUT2D eigenvalue weighted by molar-refractivity contribution is 7.89. The van der Waals surface area contributed by atoms with Crippen molar-refractivity contribution < 1.29 is 18.3 Å². The molecule has 8 nitrogen and oxygen atoms in total. The molecule has 3 aromatic carbocycles. The van der Waals surface area contributed by atoms with Gasteiger partial charge in [-0.3, -0.25) is 9.88 Å². The molecule has 2 heterocycles. The molecule has 4 aromatic rings. The summed E-state index contributed by atoms with van der Waals surface area (Å²) in [6.07, 6.45) is 3.84. The summed E-state index contributed by atoms with van der Waals surface area (Å²) in [6.45, 7) is 3.95. The van der Waals surface area contributed by atoms with Gasteiger partial charge in [0.15, 0.2) is 0 Å². The second-order valence-electron chi connectivity index (χ2n) is 9.88. The molecular weight excluding hydrogens is 512 g/mol. The lowest BCUT2D eigenvalue weighted by molar-refractivity contribution is 0.200. The van der Waals surface area contributed by atoms with Crippen molar-refractivity contribution in [1.29, 1.82) is 0 Å². The number of fused-ring (bicyclic) bond motifs is 1. The Kier molecular flexibility index (Phi) is 8.02. The van der Waals surface area contributed by atoms with E-state index in [2.05, 4.69) is 26.9 Å². The number of pyridine rings is 1. The van der Waals surface area contributed by atoms with Crippen molar-refractivity contribution >= 4 is 26.5 Å². The van der Waals surface area contributed by atoms with Crippen molar-refractivity contribution in [3.63, 3.8) is 0 Å². The lowest BCUT2D eigenvalue weighted by Crippen LogP contribution is -2.52. The SMILES string of the molecule is COc1ccc(N2CCN(CC(Cc3ccc(O)cc3)N(C)S(=O)(=O)c3cccc4cnccc34)CC2)cc1. The Hall–Kier alpha value is -3.66. The van der Waals surface area contributed by atoms with Crippen LogP contribution in [0.15, 0.2) is 90.1 Å². The molecule has 1 unspecified atom stereocenters. The minimum atomic E-state index is -3.80. The number of likely N-dealkylation sites (N-methyl/N-ethyl adjacent to an activating group) is 1. The Morgan fingerprint density at radius 3 is 2.38 bits per heavy atom. The van der Waals surface area contributed by atoms with Crippen molar-refractivity contribution in [2.24, 2.45) is 0 Å². The van der Waals surface area contributed by atoms with Crippen LogP contribution in [0.25, 0.3) is 10.8 Å². The Morgan fingerprint density at radius 1 is 0.974 bits per heavy atom. The number of aromatic hydroxyl groups is 1. The van der Waals surface area contributed by atoms with E-state index >= 15 is 0 Å². The highest BCUT2D eigenvalue weighted by Crippen LogP contribution is 2.27. The number of anilines is 1. The van der Waals surface area contributed by atoms with Gasteiger partial charge in [0.05, 0.1) is 12.0 Å². The van der Waals surface area contributed by atoms with E-state index in [4.69, 9.17) is 4.74 Å². The maximum atomic E-state index is 14.0. The largest absolute Gasteiger partial charge is 0.508 e. The lowest BCUT2D eigenvalue weighted by atomic mass is 10.0. The molecule has 0 spiro atoms. The predicted molar refractivity (Wildman–Crippen MR) is 154 cm³/mol. The number of aromatic nitrogens is 1. The zero-order chi connectivity index (χ0) is 27.4. The number of rotatable bonds is 9. The molecular formula is C30H34N4O4S. The summed E-state index contributed by atoms with van der Waals surface area (Å²) < 4.78 is 34.8. The number of phenols is 1. The summed E-state index contributed by atoms with van der Waals surface area (Å²) >= 11 is 0. The molecule has 0 aliphatic carbocycles. The summed E-state index contributed by atoms with van der Waals surface area (Å²) in [5.41, 5.74) is 2.13. The van der Waals surface area contributed by atoms with Gasteiger partial charge in [-0.2, -0.15) is 4.31 Å². The van der Waals surface area contributed by atoms with Gasteiger partial charge in [0.2, 0.25) is 10.0 Å². The number of hydrogen-bond acceptors (Lipinski definition) is 7. The van der Waals surface area contributed by atoms with Crippen LogP contribution in [-0.2, 0) is 16.4 Å². The number of benzene rings is 3. The van der Waals surface area contributed by atoms with Crippen LogP contribution in [0.1, 0.15) is 5.56 Å². The topological polar surface area (TPSA) is 86.2 Å². The number of piperazine rings is 1. The number of ether oxygens (including phenoxy) is 1. The normalized spacial score (nSPS) is 15.5. The monoisotopic (exact) mass is 546 g/mol. The molecule has 0 radical (unpaired) electrons. The van der Waals surface area contributed by atoms with Crippen LogP contribution in [0.3, 0.4) is 0 Å². The number of nitrogens with zero attached hydrogens (tertiary/aromatic N) is 4. The smallest absolute Gasteiger partial charge is 0.243 e. The fourth-order valence-corrected chi connectivity index (χ4v) is 6.72. The van der Waals surface area contributed by atoms with Crippen LogP contribution < -0.4 is 9.64 Å². The van der Waals surface area contributed by atoms with Crippen molar-refractivity contribution in [2.45, 2.75) is 17.4 Å². The molecule has 1 aliphatic rings. The van der Waals surface area contributed by atoms with E-state index in [1.807, 2.05) is 30.3 Å². The molecule has 1 N–H and O–H groups in total. The Morgan fingerprint density at radius 2 is 1.69 bits per heavy atom. The van der Waals surface area contributed by atoms with E-state index in [1.54, 1.807) is 56.9 Å². The van der Waals surface area contributed by atoms with Crippen molar-refractivity contribution in [3.05, 3.63) is 90.8 Å². The van der Waals surface area contributed by atoms with E-state index in [1.165, 1.54) is 4.31 Å². The third-order valence-corrected chi connectivity index (χ3v) is 9.47. The summed E-state index contributed by atoms with van der Waals surface area (Å²) in [7, 11) is -0.459. The highest BCUT2D eigenvalue weighted by atomic mass is 32.2. The quantitative estimate of drug-likeness (QED) is 0.340. The first-order valence-corrected chi connectivity index (χ1v) is 14.5. The second-order valence-corrected chi connectivity index (χ2v) is 11.9. The molecule has 204 valence electrons. The minimum Gasteiger partial charge on any atom is -0.508 e. The molecule has 1 aliphatic heterocycles. The summed E-state index contributed by atoms with van der Waals surface area (Å²) in [4.78, 5) is 9.11. The minimum absolute atomic E-state index is 0.190. The first kappa shape index (κ1) is 26.9. The third-order valence-electron chi connectivity index (χ3n) is 7.50. The zero-order valence-electron chi connectivity index (χ0n) is 22.3. The molecule has 39 heavy (non-hydrogen) atoms. The molecule has 1 aromatic heterocycles. The van der Waals surface area contributed by atoms with Crippen LogP contribution in [0.4, 0.5) is 5.69 Å². The van der Waals surface area contributed by atoms with E-state index in [-0.39, 0.29) is 16.7 Å². The van der Waals surface area contributed by atoms with Gasteiger partial charge in [0.25, 0.3) is 0 Å². The predicted octanol–water partition coefficient (Wildman–Crippen LogP) is 4.00. The number of sulfonamides is 1. The number of hydrogen-bond donors (Lipinski definition) is 1. The molecule has 0 amide bonds. The molecule has 9 heteroatoms. The van der Waals surface area contributed by atoms with Crippen LogP contribution in [0.5, 0.6) is 11.5 Å². The fraction of sp³-hybridized carbons (Fsp3) is 0.300. The highest BCUT2D eigenvalue weighted by Gasteiger charge is 2.31. The van der Waals surface area contributed by atoms with E-state index in [0.29, 0.717) is 18.4 Å². The Balaban J connectivity index is 1.36. The average molecular weight is 547 g/mol. The van der Waals surface area contributed by atoms with Gasteiger partial charge in [-0.1, -0.05) is 24.3 Å². The maximum absolute atomic E-state index is 14.0. The summed E-state index contributed by atoms with van der Waals surface area (Å²) in [5, 5.41) is 11.2. The standard InChI is InChI=1S/C30H34N4O4S/c1-32(39(36,37)30-5-3-4-24-21-31-15-14-29(24)30)26(20-23-6-10-27(35)11-7-23)22-33-16-18-34(19-17-33)25-8-12-28(38-2)13-9-25/h3-15,21,26,35H,16-20,22H2,1-2H3. The first-order chi connectivity index (χ1) is 18.8. The maximum Gasteiger partial charge on any atom is 0.243 e. The molecule has 5 rings (SSSR count). The van der Waals surface area contributed by atoms with Gasteiger partial charge in [-0.05, 0) is 60.5 Å². The van der Waals surface area contributed by atoms with Crippen molar-refractivity contribution in [2.75, 3.05) is 51.8 Å². The summed E-state index contributed by atoms with van der Waals surface area (Å²) in [5.74, 6) is 1.02. The lowest BCUT2D eigenvalue weighted by Gasteiger charge is -2.39. The molecule has 1 saturated heterocycles. The van der Waals surface area contributed by atoms with Crippen molar-refractivity contribution in [3.8, 4) is 11.5 Å².